The van der Waals surface area contributed by atoms with E-state index in [0.717, 1.165) is 39.2 Å². The Bertz CT molecular complexity index is 1450. The third-order valence-corrected chi connectivity index (χ3v) is 8.63. The molecule has 3 aromatic rings. The summed E-state index contributed by atoms with van der Waals surface area (Å²) in [5, 5.41) is 80.8. The number of hydrogen-bond donors (Lipinski definition) is 8. The molecule has 3 heterocycles. The first-order valence-corrected chi connectivity index (χ1v) is 14.3. The Labute approximate surface area is 249 Å². The predicted octanol–water partition coefficient (Wildman–Crippen LogP) is 0.371. The molecular weight excluding hydrogens is 558 g/mol. The minimum absolute atomic E-state index is 0.494. The highest BCUT2D eigenvalue weighted by molar-refractivity contribution is 5.71. The average Bonchev–Trinajstić information content (AvgIpc) is 2.99. The van der Waals surface area contributed by atoms with E-state index in [1.807, 2.05) is 57.2 Å². The van der Waals surface area contributed by atoms with Gasteiger partial charge in [0.1, 0.15) is 61.0 Å². The summed E-state index contributed by atoms with van der Waals surface area (Å²) in [5.41, 5.74) is 6.94. The summed E-state index contributed by atoms with van der Waals surface area (Å²) in [7, 11) is 0. The molecule has 2 fully saturated rings. The van der Waals surface area contributed by atoms with Gasteiger partial charge < -0.3 is 50.3 Å². The number of aryl methyl sites for hydroxylation is 3. The molecule has 10 atom stereocenters. The maximum Gasteiger partial charge on any atom is 0.113 e. The van der Waals surface area contributed by atoms with E-state index in [1.54, 1.807) is 12.1 Å². The molecule has 11 nitrogen and oxygen atoms in total. The topological polar surface area (TPSA) is 193 Å². The quantitative estimate of drug-likeness (QED) is 0.196. The minimum atomic E-state index is -1.46. The van der Waals surface area contributed by atoms with Crippen LogP contribution in [0.3, 0.4) is 0 Å². The molecule has 2 saturated heterocycles. The maximum atomic E-state index is 10.6. The first-order chi connectivity index (χ1) is 20.5. The van der Waals surface area contributed by atoms with E-state index in [0.29, 0.717) is 11.1 Å². The van der Waals surface area contributed by atoms with E-state index in [2.05, 4.69) is 0 Å². The Balaban J connectivity index is 1.38. The first kappa shape index (κ1) is 31.6. The van der Waals surface area contributed by atoms with Gasteiger partial charge in [-0.05, 0) is 60.7 Å². The van der Waals surface area contributed by atoms with Gasteiger partial charge >= 0.3 is 0 Å². The van der Waals surface area contributed by atoms with E-state index in [4.69, 9.17) is 14.5 Å². The van der Waals surface area contributed by atoms with Crippen LogP contribution in [-0.4, -0.2) is 108 Å². The van der Waals surface area contributed by atoms with Gasteiger partial charge in [0, 0.05) is 16.8 Å². The number of nitrogens with zero attached hydrogens (tertiary/aromatic N) is 1. The summed E-state index contributed by atoms with van der Waals surface area (Å²) in [4.78, 5) is 4.82. The lowest BCUT2D eigenvalue weighted by Crippen LogP contribution is -2.55. The number of pyridine rings is 1. The van der Waals surface area contributed by atoms with Gasteiger partial charge in [0.25, 0.3) is 0 Å². The molecule has 0 bridgehead atoms. The predicted molar refractivity (Wildman–Crippen MR) is 155 cm³/mol. The molecular formula is C32H39NO10. The monoisotopic (exact) mass is 597 g/mol. The van der Waals surface area contributed by atoms with Crippen molar-refractivity contribution in [3.63, 3.8) is 0 Å². The van der Waals surface area contributed by atoms with Gasteiger partial charge in [-0.25, -0.2) is 0 Å². The number of aliphatic hydroxyl groups is 8. The van der Waals surface area contributed by atoms with E-state index in [9.17, 15) is 40.9 Å². The van der Waals surface area contributed by atoms with Gasteiger partial charge in [-0.3, -0.25) is 4.98 Å². The van der Waals surface area contributed by atoms with Gasteiger partial charge in [-0.2, -0.15) is 0 Å². The fraction of sp³-hybridized carbons (Fsp3) is 0.469. The van der Waals surface area contributed by atoms with E-state index >= 15 is 0 Å². The smallest absolute Gasteiger partial charge is 0.113 e. The van der Waals surface area contributed by atoms with Crippen LogP contribution in [0.25, 0.3) is 22.4 Å². The van der Waals surface area contributed by atoms with Crippen molar-refractivity contribution in [3.8, 4) is 22.4 Å². The Morgan fingerprint density at radius 3 is 1.49 bits per heavy atom. The van der Waals surface area contributed by atoms with Gasteiger partial charge in [-0.15, -0.1) is 0 Å². The molecule has 0 spiro atoms. The van der Waals surface area contributed by atoms with Gasteiger partial charge in [0.2, 0.25) is 0 Å². The standard InChI is InChI=1S/C32H39NO10/c1-14-10-17(4-6-19(14)31-29(40)27(38)25(36)23(12-34)42-31)21-8-9-22(33-16(21)3)18-5-7-20(15(2)11-18)32-30(41)28(39)26(37)24(13-35)43-32/h4-11,23-32,34-41H,12-13H2,1-3H3/t23-,24-,25-,26-,27+,28+,29+,30-,31-,32-/m1/s1. The number of rotatable bonds is 6. The minimum Gasteiger partial charge on any atom is -0.394 e. The number of benzene rings is 2. The van der Waals surface area contributed by atoms with Crippen LogP contribution in [0.2, 0.25) is 0 Å². The SMILES string of the molecule is Cc1cc(-c2ccc(-c3ccc([C@H]4O[C@H](CO)[C@@H](O)[C@H](O)[C@@H]4O)c(C)c3)c(C)n2)ccc1[C@H]1O[C@H](CO)[C@@H](O)[C@H](O)[C@H]1O. The molecule has 1 aromatic heterocycles. The molecule has 43 heavy (non-hydrogen) atoms. The molecule has 2 aliphatic heterocycles. The summed E-state index contributed by atoms with van der Waals surface area (Å²) < 4.78 is 11.5. The summed E-state index contributed by atoms with van der Waals surface area (Å²) in [6.45, 7) is 4.61. The molecule has 2 aliphatic rings. The van der Waals surface area contributed by atoms with Crippen LogP contribution in [0.4, 0.5) is 0 Å². The molecule has 5 rings (SSSR count). The zero-order valence-electron chi connectivity index (χ0n) is 24.1. The van der Waals surface area contributed by atoms with Crippen LogP contribution < -0.4 is 0 Å². The highest BCUT2D eigenvalue weighted by Gasteiger charge is 2.45. The lowest BCUT2D eigenvalue weighted by molar-refractivity contribution is -0.231. The molecule has 8 N–H and O–H groups in total. The second kappa shape index (κ2) is 12.7. The summed E-state index contributed by atoms with van der Waals surface area (Å²) in [6.07, 6.45) is -12.3. The second-order valence-electron chi connectivity index (χ2n) is 11.5. The van der Waals surface area contributed by atoms with E-state index in [1.165, 1.54) is 0 Å². The van der Waals surface area contributed by atoms with Crippen LogP contribution in [0.15, 0.2) is 48.5 Å². The summed E-state index contributed by atoms with van der Waals surface area (Å²) >= 11 is 0. The van der Waals surface area contributed by atoms with Crippen LogP contribution in [0.1, 0.15) is 40.2 Å². The lowest BCUT2D eigenvalue weighted by Gasteiger charge is -2.40. The highest BCUT2D eigenvalue weighted by atomic mass is 16.6. The molecule has 11 heteroatoms. The second-order valence-corrected chi connectivity index (χ2v) is 11.5. The zero-order valence-corrected chi connectivity index (χ0v) is 24.1. The lowest BCUT2D eigenvalue weighted by atomic mass is 9.88. The van der Waals surface area contributed by atoms with Crippen molar-refractivity contribution in [2.45, 2.75) is 81.8 Å². The molecule has 0 radical (unpaired) electrons. The van der Waals surface area contributed by atoms with Crippen molar-refractivity contribution >= 4 is 0 Å². The van der Waals surface area contributed by atoms with Crippen molar-refractivity contribution in [1.29, 1.82) is 0 Å². The van der Waals surface area contributed by atoms with Crippen molar-refractivity contribution < 1.29 is 50.3 Å². The Morgan fingerprint density at radius 1 is 0.581 bits per heavy atom. The van der Waals surface area contributed by atoms with Crippen LogP contribution in [0.5, 0.6) is 0 Å². The Hall–Kier alpha value is -2.81. The van der Waals surface area contributed by atoms with Gasteiger partial charge in [0.05, 0.1) is 18.9 Å². The molecule has 0 saturated carbocycles. The average molecular weight is 598 g/mol. The maximum absolute atomic E-state index is 10.6. The molecule has 0 amide bonds. The molecule has 2 aromatic carbocycles. The fourth-order valence-corrected chi connectivity index (χ4v) is 6.06. The van der Waals surface area contributed by atoms with Crippen molar-refractivity contribution in [3.05, 3.63) is 76.5 Å². The summed E-state index contributed by atoms with van der Waals surface area (Å²) in [5.74, 6) is 0. The van der Waals surface area contributed by atoms with Crippen molar-refractivity contribution in [2.24, 2.45) is 0 Å². The number of ether oxygens (including phenoxy) is 2. The highest BCUT2D eigenvalue weighted by Crippen LogP contribution is 2.38. The number of aromatic nitrogens is 1. The van der Waals surface area contributed by atoms with Crippen molar-refractivity contribution in [1.82, 2.24) is 4.98 Å². The van der Waals surface area contributed by atoms with Gasteiger partial charge in [0.15, 0.2) is 0 Å². The Kier molecular flexibility index (Phi) is 9.31. The van der Waals surface area contributed by atoms with Crippen LogP contribution in [-0.2, 0) is 9.47 Å². The van der Waals surface area contributed by atoms with Crippen LogP contribution in [0, 0.1) is 20.8 Å². The molecule has 232 valence electrons. The van der Waals surface area contributed by atoms with E-state index in [-0.39, 0.29) is 0 Å². The first-order valence-electron chi connectivity index (χ1n) is 14.3. The zero-order chi connectivity index (χ0) is 31.2. The third-order valence-electron chi connectivity index (χ3n) is 8.63. The van der Waals surface area contributed by atoms with Gasteiger partial charge in [-0.1, -0.05) is 36.4 Å². The van der Waals surface area contributed by atoms with E-state index < -0.39 is 74.3 Å². The van der Waals surface area contributed by atoms with Crippen LogP contribution >= 0.6 is 0 Å². The third kappa shape index (κ3) is 5.86. The molecule has 0 unspecified atom stereocenters. The largest absolute Gasteiger partial charge is 0.394 e. The normalized spacial score (nSPS) is 33.0. The molecule has 0 aliphatic carbocycles. The Morgan fingerprint density at radius 2 is 1.05 bits per heavy atom. The number of aliphatic hydroxyl groups excluding tert-OH is 8. The fourth-order valence-electron chi connectivity index (χ4n) is 6.06. The summed E-state index contributed by atoms with van der Waals surface area (Å²) in [6, 6.07) is 15.0. The number of hydrogen-bond acceptors (Lipinski definition) is 11. The van der Waals surface area contributed by atoms with Crippen molar-refractivity contribution in [2.75, 3.05) is 13.2 Å².